The number of hydrogen-bond donors (Lipinski definition) is 0. The number of carbonyl (C=O) groups excluding carboxylic acids is 1. The fourth-order valence-electron chi connectivity index (χ4n) is 1.63. The van der Waals surface area contributed by atoms with Crippen molar-refractivity contribution in [2.24, 2.45) is 0 Å². The molecular formula is C14H9ClF3NO. The second kappa shape index (κ2) is 5.63. The second-order valence-corrected chi connectivity index (χ2v) is 4.53. The van der Waals surface area contributed by atoms with E-state index < -0.39 is 11.7 Å². The normalized spacial score (nSPS) is 11.4. The van der Waals surface area contributed by atoms with Gasteiger partial charge in [-0.25, -0.2) is 0 Å². The molecule has 2 aromatic rings. The zero-order chi connectivity index (χ0) is 14.8. The number of pyridine rings is 1. The van der Waals surface area contributed by atoms with E-state index in [4.69, 9.17) is 11.6 Å². The van der Waals surface area contributed by atoms with Crippen molar-refractivity contribution in [1.29, 1.82) is 0 Å². The minimum atomic E-state index is -4.46. The Labute approximate surface area is 118 Å². The van der Waals surface area contributed by atoms with Crippen molar-refractivity contribution in [3.8, 4) is 0 Å². The Bertz CT molecular complexity index is 623. The molecule has 0 bridgehead atoms. The van der Waals surface area contributed by atoms with Gasteiger partial charge < -0.3 is 0 Å². The maximum absolute atomic E-state index is 12.4. The van der Waals surface area contributed by atoms with Crippen molar-refractivity contribution in [2.75, 3.05) is 0 Å². The summed E-state index contributed by atoms with van der Waals surface area (Å²) in [7, 11) is 0. The molecule has 1 aromatic carbocycles. The molecule has 0 saturated carbocycles. The molecule has 0 unspecified atom stereocenters. The van der Waals surface area contributed by atoms with E-state index in [9.17, 15) is 18.0 Å². The topological polar surface area (TPSA) is 30.0 Å². The number of nitrogens with zero attached hydrogens (tertiary/aromatic N) is 1. The Morgan fingerprint density at radius 2 is 1.85 bits per heavy atom. The molecule has 0 spiro atoms. The van der Waals surface area contributed by atoms with Crippen LogP contribution in [0.25, 0.3) is 0 Å². The van der Waals surface area contributed by atoms with Gasteiger partial charge in [-0.15, -0.1) is 0 Å². The lowest BCUT2D eigenvalue weighted by Crippen LogP contribution is -2.10. The van der Waals surface area contributed by atoms with Crippen LogP contribution in [-0.4, -0.2) is 10.8 Å². The van der Waals surface area contributed by atoms with Gasteiger partial charge in [0.2, 0.25) is 0 Å². The van der Waals surface area contributed by atoms with Crippen molar-refractivity contribution < 1.29 is 18.0 Å². The van der Waals surface area contributed by atoms with Gasteiger partial charge in [0, 0.05) is 17.6 Å². The third-order valence-electron chi connectivity index (χ3n) is 2.69. The molecule has 0 amide bonds. The van der Waals surface area contributed by atoms with Crippen LogP contribution in [-0.2, 0) is 12.6 Å². The van der Waals surface area contributed by atoms with Gasteiger partial charge in [-0.1, -0.05) is 29.8 Å². The summed E-state index contributed by atoms with van der Waals surface area (Å²) in [5, 5.41) is 0.438. The van der Waals surface area contributed by atoms with Crippen LogP contribution >= 0.6 is 11.6 Å². The van der Waals surface area contributed by atoms with E-state index in [1.807, 2.05) is 0 Å². The number of alkyl halides is 3. The molecule has 0 N–H and O–H groups in total. The SMILES string of the molecule is O=C(Cc1ccccc1Cl)c1ccc(C(F)(F)F)cn1. The van der Waals surface area contributed by atoms with Crippen molar-refractivity contribution in [2.45, 2.75) is 12.6 Å². The smallest absolute Gasteiger partial charge is 0.292 e. The number of aromatic nitrogens is 1. The van der Waals surface area contributed by atoms with Crippen LogP contribution in [0, 0.1) is 0 Å². The molecule has 1 aromatic heterocycles. The van der Waals surface area contributed by atoms with Crippen LogP contribution in [0.4, 0.5) is 13.2 Å². The number of carbonyl (C=O) groups is 1. The largest absolute Gasteiger partial charge is 0.417 e. The molecule has 0 fully saturated rings. The Balaban J connectivity index is 2.16. The predicted molar refractivity (Wildman–Crippen MR) is 68.7 cm³/mol. The quantitative estimate of drug-likeness (QED) is 0.796. The highest BCUT2D eigenvalue weighted by Crippen LogP contribution is 2.28. The maximum Gasteiger partial charge on any atom is 0.417 e. The van der Waals surface area contributed by atoms with Gasteiger partial charge in [0.25, 0.3) is 0 Å². The van der Waals surface area contributed by atoms with E-state index in [1.54, 1.807) is 24.3 Å². The molecule has 104 valence electrons. The van der Waals surface area contributed by atoms with Crippen LogP contribution in [0.3, 0.4) is 0 Å². The average molecular weight is 300 g/mol. The van der Waals surface area contributed by atoms with E-state index >= 15 is 0 Å². The first-order valence-electron chi connectivity index (χ1n) is 5.68. The zero-order valence-corrected chi connectivity index (χ0v) is 10.9. The van der Waals surface area contributed by atoms with Crippen molar-refractivity contribution in [1.82, 2.24) is 4.98 Å². The highest BCUT2D eigenvalue weighted by Gasteiger charge is 2.30. The number of hydrogen-bond acceptors (Lipinski definition) is 2. The zero-order valence-electron chi connectivity index (χ0n) is 10.1. The number of rotatable bonds is 3. The van der Waals surface area contributed by atoms with Gasteiger partial charge in [0.15, 0.2) is 5.78 Å². The molecule has 0 aliphatic carbocycles. The van der Waals surface area contributed by atoms with Crippen LogP contribution in [0.2, 0.25) is 5.02 Å². The van der Waals surface area contributed by atoms with Crippen molar-refractivity contribution >= 4 is 17.4 Å². The van der Waals surface area contributed by atoms with Gasteiger partial charge >= 0.3 is 6.18 Å². The molecule has 20 heavy (non-hydrogen) atoms. The number of ketones is 1. The fourth-order valence-corrected chi connectivity index (χ4v) is 1.83. The minimum absolute atomic E-state index is 0.00195. The van der Waals surface area contributed by atoms with Gasteiger partial charge in [-0.3, -0.25) is 9.78 Å². The molecule has 0 aliphatic heterocycles. The van der Waals surface area contributed by atoms with E-state index in [1.165, 1.54) is 0 Å². The Morgan fingerprint density at radius 3 is 2.40 bits per heavy atom. The molecule has 0 saturated heterocycles. The Hall–Kier alpha value is -1.88. The number of halogens is 4. The van der Waals surface area contributed by atoms with Gasteiger partial charge in [-0.05, 0) is 23.8 Å². The first-order chi connectivity index (χ1) is 9.38. The summed E-state index contributed by atoms with van der Waals surface area (Å²) in [6.07, 6.45) is -3.81. The fraction of sp³-hybridized carbons (Fsp3) is 0.143. The third kappa shape index (κ3) is 3.36. The van der Waals surface area contributed by atoms with E-state index in [2.05, 4.69) is 4.98 Å². The van der Waals surface area contributed by atoms with E-state index in [-0.39, 0.29) is 17.9 Å². The predicted octanol–water partition coefficient (Wildman–Crippen LogP) is 4.18. The molecular weight excluding hydrogens is 291 g/mol. The van der Waals surface area contributed by atoms with Gasteiger partial charge in [0.1, 0.15) is 5.69 Å². The highest BCUT2D eigenvalue weighted by atomic mass is 35.5. The van der Waals surface area contributed by atoms with Crippen molar-refractivity contribution in [3.63, 3.8) is 0 Å². The Morgan fingerprint density at radius 1 is 1.15 bits per heavy atom. The average Bonchev–Trinajstić information content (AvgIpc) is 2.40. The lowest BCUT2D eigenvalue weighted by atomic mass is 10.1. The molecule has 0 radical (unpaired) electrons. The highest BCUT2D eigenvalue weighted by molar-refractivity contribution is 6.31. The van der Waals surface area contributed by atoms with Crippen LogP contribution in [0.1, 0.15) is 21.6 Å². The van der Waals surface area contributed by atoms with Gasteiger partial charge in [-0.2, -0.15) is 13.2 Å². The molecule has 2 nitrogen and oxygen atoms in total. The summed E-state index contributed by atoms with van der Waals surface area (Å²) in [5.74, 6) is -0.383. The third-order valence-corrected chi connectivity index (χ3v) is 3.05. The van der Waals surface area contributed by atoms with Crippen LogP contribution in [0.5, 0.6) is 0 Å². The summed E-state index contributed by atoms with van der Waals surface area (Å²) in [6.45, 7) is 0. The standard InChI is InChI=1S/C14H9ClF3NO/c15-11-4-2-1-3-9(11)7-13(20)12-6-5-10(8-19-12)14(16,17)18/h1-6,8H,7H2. The maximum atomic E-state index is 12.4. The molecule has 0 aliphatic rings. The number of Topliss-reactive ketones (excluding diaryl/α,β-unsaturated/α-hetero) is 1. The first kappa shape index (κ1) is 14.5. The summed E-state index contributed by atoms with van der Waals surface area (Å²) in [5.41, 5.74) is -0.287. The molecule has 1 heterocycles. The molecule has 0 atom stereocenters. The van der Waals surface area contributed by atoms with Gasteiger partial charge in [0.05, 0.1) is 5.56 Å². The lowest BCUT2D eigenvalue weighted by molar-refractivity contribution is -0.137. The van der Waals surface area contributed by atoms with Crippen molar-refractivity contribution in [3.05, 3.63) is 64.4 Å². The number of benzene rings is 1. The summed E-state index contributed by atoms with van der Waals surface area (Å²) in [4.78, 5) is 15.5. The molecule has 6 heteroatoms. The lowest BCUT2D eigenvalue weighted by Gasteiger charge is -2.07. The van der Waals surface area contributed by atoms with E-state index in [0.717, 1.165) is 12.1 Å². The van der Waals surface area contributed by atoms with Crippen LogP contribution < -0.4 is 0 Å². The summed E-state index contributed by atoms with van der Waals surface area (Å²) < 4.78 is 37.1. The second-order valence-electron chi connectivity index (χ2n) is 4.12. The van der Waals surface area contributed by atoms with Crippen LogP contribution in [0.15, 0.2) is 42.6 Å². The minimum Gasteiger partial charge on any atom is -0.292 e. The molecule has 2 rings (SSSR count). The first-order valence-corrected chi connectivity index (χ1v) is 6.05. The van der Waals surface area contributed by atoms with E-state index in [0.29, 0.717) is 16.8 Å². The monoisotopic (exact) mass is 299 g/mol. The Kier molecular flexibility index (Phi) is 4.09. The summed E-state index contributed by atoms with van der Waals surface area (Å²) >= 11 is 5.92. The summed E-state index contributed by atoms with van der Waals surface area (Å²) in [6, 6.07) is 8.70.